The van der Waals surface area contributed by atoms with Crippen molar-refractivity contribution >= 4 is 34.0 Å². The number of anilines is 2. The van der Waals surface area contributed by atoms with Gasteiger partial charge in [-0.15, -0.1) is 5.10 Å². The van der Waals surface area contributed by atoms with Gasteiger partial charge in [-0.05, 0) is 63.5 Å². The van der Waals surface area contributed by atoms with Crippen LogP contribution in [0.2, 0.25) is 0 Å². The van der Waals surface area contributed by atoms with Crippen LogP contribution in [0.15, 0.2) is 24.3 Å². The number of aryl methyl sites for hydroxylation is 1. The number of nitrogens with one attached hydrogen (secondary N) is 1. The second kappa shape index (κ2) is 7.93. The third-order valence-corrected chi connectivity index (χ3v) is 6.80. The lowest BCUT2D eigenvalue weighted by Gasteiger charge is -2.27. The maximum absolute atomic E-state index is 11.4. The van der Waals surface area contributed by atoms with Crippen LogP contribution in [0.3, 0.4) is 0 Å². The Bertz CT molecular complexity index is 1310. The van der Waals surface area contributed by atoms with Gasteiger partial charge in [0.1, 0.15) is 22.8 Å². The topological polar surface area (TPSA) is 128 Å². The number of nitrogen functional groups attached to an aromatic ring is 2. The number of aromatic amines is 1. The molecule has 0 aliphatic heterocycles. The number of Topliss-reactive ketones (excluding diaryl/α,β-unsaturated/α-hetero) is 1. The van der Waals surface area contributed by atoms with Crippen molar-refractivity contribution in [3.63, 3.8) is 0 Å². The van der Waals surface area contributed by atoms with Crippen LogP contribution in [0, 0.1) is 12.8 Å². The van der Waals surface area contributed by atoms with E-state index in [1.54, 1.807) is 11.4 Å². The Hall–Kier alpha value is -3.42. The number of carbonyl (C=O) groups excluding carboxylic acids is 1. The quantitative estimate of drug-likeness (QED) is 0.430. The largest absolute Gasteiger partial charge is 0.382 e. The molecular weight excluding hydrogens is 402 g/mol. The Balaban J connectivity index is 1.54. The Kier molecular flexibility index (Phi) is 5.07. The van der Waals surface area contributed by atoms with Crippen molar-refractivity contribution in [1.82, 2.24) is 24.6 Å². The predicted molar refractivity (Wildman–Crippen MR) is 126 cm³/mol. The highest BCUT2D eigenvalue weighted by Crippen LogP contribution is 2.40. The zero-order valence-electron chi connectivity index (χ0n) is 18.6. The van der Waals surface area contributed by atoms with E-state index in [1.807, 2.05) is 0 Å². The summed E-state index contributed by atoms with van der Waals surface area (Å²) >= 11 is 0. The molecule has 0 spiro atoms. The zero-order chi connectivity index (χ0) is 22.4. The molecule has 1 fully saturated rings. The van der Waals surface area contributed by atoms with Gasteiger partial charge in [-0.1, -0.05) is 18.2 Å². The van der Waals surface area contributed by atoms with E-state index in [2.05, 4.69) is 46.3 Å². The molecule has 0 amide bonds. The number of carbonyl (C=O) groups is 1. The van der Waals surface area contributed by atoms with Crippen LogP contribution in [-0.2, 0) is 4.79 Å². The van der Waals surface area contributed by atoms with Crippen LogP contribution in [0.25, 0.3) is 27.8 Å². The molecule has 32 heavy (non-hydrogen) atoms. The smallest absolute Gasteiger partial charge is 0.240 e. The Morgan fingerprint density at radius 1 is 1.19 bits per heavy atom. The lowest BCUT2D eigenvalue weighted by molar-refractivity contribution is -0.117. The zero-order valence-corrected chi connectivity index (χ0v) is 18.6. The first-order valence-corrected chi connectivity index (χ1v) is 11.3. The summed E-state index contributed by atoms with van der Waals surface area (Å²) in [6.07, 6.45) is 5.85. The molecule has 5 N–H and O–H groups in total. The van der Waals surface area contributed by atoms with E-state index in [9.17, 15) is 4.79 Å². The third kappa shape index (κ3) is 3.59. The van der Waals surface area contributed by atoms with Crippen molar-refractivity contribution in [3.8, 4) is 11.4 Å². The second-order valence-corrected chi connectivity index (χ2v) is 9.11. The first-order chi connectivity index (χ1) is 15.4. The van der Waals surface area contributed by atoms with Crippen molar-refractivity contribution in [2.24, 2.45) is 5.92 Å². The Morgan fingerprint density at radius 3 is 2.69 bits per heavy atom. The molecule has 0 radical (unpaired) electrons. The summed E-state index contributed by atoms with van der Waals surface area (Å²) in [6.45, 7) is 3.76. The number of hydrogen-bond donors (Lipinski definition) is 3. The van der Waals surface area contributed by atoms with E-state index in [4.69, 9.17) is 16.5 Å². The first kappa shape index (κ1) is 20.5. The highest BCUT2D eigenvalue weighted by Gasteiger charge is 2.29. The average molecular weight is 432 g/mol. The van der Waals surface area contributed by atoms with Gasteiger partial charge in [-0.3, -0.25) is 0 Å². The highest BCUT2D eigenvalue weighted by molar-refractivity contribution is 5.92. The van der Waals surface area contributed by atoms with E-state index >= 15 is 0 Å². The molecule has 3 heterocycles. The number of fused-ring (bicyclic) bond motifs is 2. The molecule has 3 aromatic heterocycles. The van der Waals surface area contributed by atoms with Crippen molar-refractivity contribution < 1.29 is 4.79 Å². The van der Waals surface area contributed by atoms with Gasteiger partial charge in [0.25, 0.3) is 0 Å². The molecule has 1 saturated carbocycles. The molecule has 8 heteroatoms. The number of rotatable bonds is 5. The number of nitrogens with two attached hydrogens (primary N) is 2. The Labute approximate surface area is 186 Å². The summed E-state index contributed by atoms with van der Waals surface area (Å²) in [4.78, 5) is 24.1. The summed E-state index contributed by atoms with van der Waals surface area (Å²) in [5, 5.41) is 5.62. The number of ketones is 1. The number of aromatic nitrogens is 5. The summed E-state index contributed by atoms with van der Waals surface area (Å²) in [5.74, 6) is 2.50. The van der Waals surface area contributed by atoms with Crippen LogP contribution >= 0.6 is 0 Å². The fourth-order valence-corrected chi connectivity index (χ4v) is 5.07. The second-order valence-electron chi connectivity index (χ2n) is 9.11. The lowest BCUT2D eigenvalue weighted by Crippen LogP contribution is -2.17. The molecular formula is C24H29N7O. The minimum atomic E-state index is 0.142. The summed E-state index contributed by atoms with van der Waals surface area (Å²) in [6, 6.07) is 8.32. The van der Waals surface area contributed by atoms with Gasteiger partial charge >= 0.3 is 0 Å². The maximum atomic E-state index is 11.4. The monoisotopic (exact) mass is 431 g/mol. The number of benzene rings is 1. The van der Waals surface area contributed by atoms with E-state index in [1.165, 1.54) is 5.56 Å². The van der Waals surface area contributed by atoms with Crippen molar-refractivity contribution in [1.29, 1.82) is 0 Å². The molecule has 4 aromatic rings. The van der Waals surface area contributed by atoms with Crippen molar-refractivity contribution in [3.05, 3.63) is 35.7 Å². The minimum Gasteiger partial charge on any atom is -0.382 e. The van der Waals surface area contributed by atoms with Gasteiger partial charge in [-0.2, -0.15) is 4.98 Å². The molecule has 0 unspecified atom stereocenters. The third-order valence-electron chi connectivity index (χ3n) is 6.80. The molecule has 0 atom stereocenters. The van der Waals surface area contributed by atoms with E-state index in [0.29, 0.717) is 23.7 Å². The lowest BCUT2D eigenvalue weighted by atomic mass is 9.79. The molecule has 1 aliphatic carbocycles. The molecule has 5 rings (SSSR count). The van der Waals surface area contributed by atoms with Crippen molar-refractivity contribution in [2.45, 2.75) is 58.3 Å². The molecule has 0 bridgehead atoms. The van der Waals surface area contributed by atoms with Crippen LogP contribution in [-0.4, -0.2) is 30.3 Å². The molecule has 1 aromatic carbocycles. The summed E-state index contributed by atoms with van der Waals surface area (Å²) < 4.78 is 1.80. The van der Waals surface area contributed by atoms with Gasteiger partial charge in [-0.25, -0.2) is 9.50 Å². The van der Waals surface area contributed by atoms with Crippen LogP contribution in [0.4, 0.5) is 11.8 Å². The Morgan fingerprint density at radius 2 is 1.97 bits per heavy atom. The average Bonchev–Trinajstić information content (AvgIpc) is 3.35. The summed E-state index contributed by atoms with van der Waals surface area (Å²) in [7, 11) is 0. The molecule has 8 nitrogen and oxygen atoms in total. The summed E-state index contributed by atoms with van der Waals surface area (Å²) in [5.41, 5.74) is 16.9. The van der Waals surface area contributed by atoms with Gasteiger partial charge in [0.05, 0.1) is 5.69 Å². The molecule has 166 valence electrons. The SMILES string of the molecule is CC(=O)CCC1CCC(c2nc(-c3cc4cccc(C)c4[nH]3)c3c(N)nc(N)nn23)CC1. The fraction of sp³-hybridized carbons (Fsp3) is 0.417. The van der Waals surface area contributed by atoms with E-state index in [-0.39, 0.29) is 17.6 Å². The normalized spacial score (nSPS) is 19.1. The van der Waals surface area contributed by atoms with Crippen molar-refractivity contribution in [2.75, 3.05) is 11.5 Å². The minimum absolute atomic E-state index is 0.142. The van der Waals surface area contributed by atoms with Crippen LogP contribution in [0.1, 0.15) is 62.8 Å². The molecule has 0 saturated heterocycles. The number of hydrogen-bond acceptors (Lipinski definition) is 6. The van der Waals surface area contributed by atoms with Crippen LogP contribution < -0.4 is 11.5 Å². The first-order valence-electron chi connectivity index (χ1n) is 11.3. The fourth-order valence-electron chi connectivity index (χ4n) is 5.07. The number of H-pyrrole nitrogens is 1. The van der Waals surface area contributed by atoms with Gasteiger partial charge in [0.15, 0.2) is 5.82 Å². The van der Waals surface area contributed by atoms with E-state index in [0.717, 1.165) is 60.2 Å². The van der Waals surface area contributed by atoms with E-state index < -0.39 is 0 Å². The maximum Gasteiger partial charge on any atom is 0.240 e. The number of para-hydroxylation sites is 1. The standard InChI is InChI=1S/C24H29N7O/c1-13-4-3-5-17-12-18(27-19(13)17)20-21-22(25)29-24(26)30-31(21)23(28-20)16-10-8-15(9-11-16)7-6-14(2)32/h3-5,12,15-16,27H,6-11H2,1-2H3,(H4,25,26,29,30). The predicted octanol–water partition coefficient (Wildman–Crippen LogP) is 4.39. The van der Waals surface area contributed by atoms with Gasteiger partial charge < -0.3 is 21.2 Å². The number of nitrogens with zero attached hydrogens (tertiary/aromatic N) is 4. The van der Waals surface area contributed by atoms with Gasteiger partial charge in [0, 0.05) is 23.2 Å². The van der Waals surface area contributed by atoms with Crippen LogP contribution in [0.5, 0.6) is 0 Å². The molecule has 1 aliphatic rings. The number of imidazole rings is 1. The highest BCUT2D eigenvalue weighted by atomic mass is 16.1. The van der Waals surface area contributed by atoms with Gasteiger partial charge in [0.2, 0.25) is 5.95 Å².